The number of rotatable bonds is 3. The largest absolute Gasteiger partial charge is 0.376 e. The molecule has 0 aromatic rings. The van der Waals surface area contributed by atoms with Gasteiger partial charge in [0, 0.05) is 26.1 Å². The van der Waals surface area contributed by atoms with E-state index >= 15 is 0 Å². The zero-order chi connectivity index (χ0) is 9.97. The van der Waals surface area contributed by atoms with Crippen LogP contribution in [0.5, 0.6) is 0 Å². The summed E-state index contributed by atoms with van der Waals surface area (Å²) in [5, 5.41) is 0. The van der Waals surface area contributed by atoms with Gasteiger partial charge in [0.2, 0.25) is 5.91 Å². The average Bonchev–Trinajstić information content (AvgIpc) is 3.01. The second kappa shape index (κ2) is 4.30. The lowest BCUT2D eigenvalue weighted by Gasteiger charge is -2.27. The Bertz CT molecular complexity index is 207. The van der Waals surface area contributed by atoms with Crippen molar-refractivity contribution in [2.24, 2.45) is 5.92 Å². The Labute approximate surface area is 85.4 Å². The zero-order valence-electron chi connectivity index (χ0n) is 8.87. The Kier molecular flexibility index (Phi) is 3.06. The predicted octanol–water partition coefficient (Wildman–Crippen LogP) is 1.42. The maximum atomic E-state index is 11.6. The van der Waals surface area contributed by atoms with Crippen LogP contribution >= 0.6 is 0 Å². The molecule has 0 spiro atoms. The minimum atomic E-state index is 0.288. The molecule has 1 atom stereocenters. The maximum absolute atomic E-state index is 11.6. The van der Waals surface area contributed by atoms with E-state index in [0.717, 1.165) is 32.4 Å². The van der Waals surface area contributed by atoms with Gasteiger partial charge >= 0.3 is 0 Å². The van der Waals surface area contributed by atoms with Crippen LogP contribution in [0.1, 0.15) is 32.1 Å². The third-order valence-corrected chi connectivity index (χ3v) is 3.05. The van der Waals surface area contributed by atoms with Crippen LogP contribution < -0.4 is 0 Å². The smallest absolute Gasteiger partial charge is 0.225 e. The summed E-state index contributed by atoms with van der Waals surface area (Å²) in [5.74, 6) is 0.655. The molecular weight excluding hydrogens is 178 g/mol. The fourth-order valence-electron chi connectivity index (χ4n) is 1.99. The van der Waals surface area contributed by atoms with Gasteiger partial charge in [-0.3, -0.25) is 4.79 Å². The Morgan fingerprint density at radius 3 is 2.71 bits per heavy atom. The number of ether oxygens (including phenoxy) is 1. The van der Waals surface area contributed by atoms with Gasteiger partial charge in [-0.2, -0.15) is 0 Å². The lowest BCUT2D eigenvalue weighted by atomic mass is 10.1. The van der Waals surface area contributed by atoms with Gasteiger partial charge in [0.05, 0.1) is 6.10 Å². The molecule has 1 saturated carbocycles. The van der Waals surface area contributed by atoms with Gasteiger partial charge in [0.15, 0.2) is 0 Å². The summed E-state index contributed by atoms with van der Waals surface area (Å²) < 4.78 is 5.61. The topological polar surface area (TPSA) is 29.5 Å². The monoisotopic (exact) mass is 197 g/mol. The Hall–Kier alpha value is -0.570. The summed E-state index contributed by atoms with van der Waals surface area (Å²) in [6.07, 6.45) is 6.01. The van der Waals surface area contributed by atoms with Gasteiger partial charge in [0.1, 0.15) is 0 Å². The molecule has 3 nitrogen and oxygen atoms in total. The molecule has 1 aliphatic carbocycles. The minimum Gasteiger partial charge on any atom is -0.376 e. The molecule has 1 saturated heterocycles. The highest BCUT2D eigenvalue weighted by molar-refractivity contribution is 5.80. The summed E-state index contributed by atoms with van der Waals surface area (Å²) in [6, 6.07) is 0. The van der Waals surface area contributed by atoms with Crippen molar-refractivity contribution in [3.8, 4) is 0 Å². The van der Waals surface area contributed by atoms with Crippen LogP contribution in [0.3, 0.4) is 0 Å². The highest BCUT2D eigenvalue weighted by atomic mass is 16.5. The molecule has 3 heteroatoms. The summed E-state index contributed by atoms with van der Waals surface area (Å²) in [4.78, 5) is 13.5. The van der Waals surface area contributed by atoms with Crippen molar-refractivity contribution in [1.82, 2.24) is 4.90 Å². The van der Waals surface area contributed by atoms with Crippen LogP contribution in [0.15, 0.2) is 0 Å². The fourth-order valence-corrected chi connectivity index (χ4v) is 1.99. The molecule has 14 heavy (non-hydrogen) atoms. The van der Waals surface area contributed by atoms with E-state index in [1.54, 1.807) is 0 Å². The molecule has 1 heterocycles. The van der Waals surface area contributed by atoms with Crippen LogP contribution in [0.25, 0.3) is 0 Å². The average molecular weight is 197 g/mol. The molecule has 0 aromatic carbocycles. The van der Waals surface area contributed by atoms with Crippen LogP contribution in [-0.2, 0) is 9.53 Å². The summed E-state index contributed by atoms with van der Waals surface area (Å²) >= 11 is 0. The number of carbonyl (C=O) groups is 1. The SMILES string of the molecule is CN(CC1CCCCO1)C(=O)C1CC1. The molecule has 1 aliphatic heterocycles. The number of hydrogen-bond acceptors (Lipinski definition) is 2. The van der Waals surface area contributed by atoms with Gasteiger partial charge in [-0.15, -0.1) is 0 Å². The van der Waals surface area contributed by atoms with Crippen LogP contribution in [0, 0.1) is 5.92 Å². The zero-order valence-corrected chi connectivity index (χ0v) is 8.87. The number of carbonyl (C=O) groups excluding carboxylic acids is 1. The van der Waals surface area contributed by atoms with Crippen molar-refractivity contribution in [3.63, 3.8) is 0 Å². The molecule has 0 N–H and O–H groups in total. The van der Waals surface area contributed by atoms with E-state index < -0.39 is 0 Å². The molecule has 2 rings (SSSR count). The Morgan fingerprint density at radius 2 is 2.14 bits per heavy atom. The quantitative estimate of drug-likeness (QED) is 0.685. The number of nitrogens with zero attached hydrogens (tertiary/aromatic N) is 1. The molecule has 1 unspecified atom stereocenters. The molecular formula is C11H19NO2. The number of amides is 1. The van der Waals surface area contributed by atoms with E-state index in [0.29, 0.717) is 11.8 Å². The van der Waals surface area contributed by atoms with E-state index in [1.807, 2.05) is 11.9 Å². The standard InChI is InChI=1S/C11H19NO2/c1-12(11(13)9-5-6-9)8-10-4-2-3-7-14-10/h9-10H,2-8H2,1H3. The second-order valence-corrected chi connectivity index (χ2v) is 4.48. The van der Waals surface area contributed by atoms with Gasteiger partial charge < -0.3 is 9.64 Å². The first-order chi connectivity index (χ1) is 6.77. The fraction of sp³-hybridized carbons (Fsp3) is 0.909. The molecule has 0 radical (unpaired) electrons. The van der Waals surface area contributed by atoms with E-state index in [2.05, 4.69) is 0 Å². The Balaban J connectivity index is 1.74. The third kappa shape index (κ3) is 2.47. The lowest BCUT2D eigenvalue weighted by Crippen LogP contribution is -2.37. The van der Waals surface area contributed by atoms with Crippen molar-refractivity contribution < 1.29 is 9.53 Å². The van der Waals surface area contributed by atoms with Crippen LogP contribution in [0.2, 0.25) is 0 Å². The van der Waals surface area contributed by atoms with E-state index in [9.17, 15) is 4.79 Å². The maximum Gasteiger partial charge on any atom is 0.225 e. The van der Waals surface area contributed by atoms with Crippen LogP contribution in [-0.4, -0.2) is 37.1 Å². The minimum absolute atomic E-state index is 0.288. The first-order valence-electron chi connectivity index (χ1n) is 5.64. The highest BCUT2D eigenvalue weighted by Crippen LogP contribution is 2.30. The Morgan fingerprint density at radius 1 is 1.36 bits per heavy atom. The summed E-state index contributed by atoms with van der Waals surface area (Å²) in [7, 11) is 1.90. The molecule has 0 aromatic heterocycles. The van der Waals surface area contributed by atoms with Gasteiger partial charge in [-0.25, -0.2) is 0 Å². The summed E-state index contributed by atoms with van der Waals surface area (Å²) in [6.45, 7) is 1.66. The lowest BCUT2D eigenvalue weighted by molar-refractivity contribution is -0.133. The molecule has 0 bridgehead atoms. The summed E-state index contributed by atoms with van der Waals surface area (Å²) in [5.41, 5.74) is 0. The highest BCUT2D eigenvalue weighted by Gasteiger charge is 2.32. The van der Waals surface area contributed by atoms with Crippen LogP contribution in [0.4, 0.5) is 0 Å². The second-order valence-electron chi connectivity index (χ2n) is 4.48. The van der Waals surface area contributed by atoms with E-state index in [4.69, 9.17) is 4.74 Å². The van der Waals surface area contributed by atoms with Gasteiger partial charge in [-0.1, -0.05) is 0 Å². The van der Waals surface area contributed by atoms with Crippen molar-refractivity contribution in [3.05, 3.63) is 0 Å². The molecule has 2 fully saturated rings. The van der Waals surface area contributed by atoms with Crippen molar-refractivity contribution >= 4 is 5.91 Å². The number of likely N-dealkylation sites (N-methyl/N-ethyl adjacent to an activating group) is 1. The van der Waals surface area contributed by atoms with Crippen molar-refractivity contribution in [2.75, 3.05) is 20.2 Å². The van der Waals surface area contributed by atoms with E-state index in [-0.39, 0.29) is 6.10 Å². The first kappa shape index (κ1) is 9.97. The van der Waals surface area contributed by atoms with E-state index in [1.165, 1.54) is 12.8 Å². The van der Waals surface area contributed by atoms with Crippen molar-refractivity contribution in [1.29, 1.82) is 0 Å². The molecule has 2 aliphatic rings. The van der Waals surface area contributed by atoms with Crippen molar-refractivity contribution in [2.45, 2.75) is 38.2 Å². The predicted molar refractivity (Wildman–Crippen MR) is 54.0 cm³/mol. The van der Waals surface area contributed by atoms with Gasteiger partial charge in [-0.05, 0) is 32.1 Å². The first-order valence-corrected chi connectivity index (χ1v) is 5.64. The third-order valence-electron chi connectivity index (χ3n) is 3.05. The molecule has 80 valence electrons. The van der Waals surface area contributed by atoms with Gasteiger partial charge in [0.25, 0.3) is 0 Å². The normalized spacial score (nSPS) is 27.4. The number of hydrogen-bond donors (Lipinski definition) is 0. The molecule has 1 amide bonds.